The molecule has 0 aliphatic carbocycles. The molecule has 4 atom stereocenters. The van der Waals surface area contributed by atoms with Crippen LogP contribution in [0.3, 0.4) is 0 Å². The Morgan fingerprint density at radius 3 is 1.81 bits per heavy atom. The second-order valence-electron chi connectivity index (χ2n) is 15.1. The molecule has 1 aromatic heterocycles. The van der Waals surface area contributed by atoms with Crippen molar-refractivity contribution in [2.45, 2.75) is 133 Å². The maximum absolute atomic E-state index is 13.1. The average Bonchev–Trinajstić information content (AvgIpc) is 3.96. The number of likely N-dealkylation sites (tertiary alicyclic amines) is 1. The summed E-state index contributed by atoms with van der Waals surface area (Å²) in [4.78, 5) is 91.8. The number of urea groups is 1. The van der Waals surface area contributed by atoms with Crippen LogP contribution in [0.25, 0.3) is 0 Å². The van der Waals surface area contributed by atoms with Crippen LogP contribution in [0.5, 0.6) is 0 Å². The number of carbonyl (C=O) groups is 7. The fourth-order valence-electron chi connectivity index (χ4n) is 7.25. The van der Waals surface area contributed by atoms with E-state index >= 15 is 0 Å². The molecule has 7 N–H and O–H groups in total. The summed E-state index contributed by atoms with van der Waals surface area (Å²) in [5, 5.41) is 20.6. The zero-order chi connectivity index (χ0) is 40.7. The average molecular weight is 814 g/mol. The van der Waals surface area contributed by atoms with Crippen molar-refractivity contribution in [3.8, 4) is 0 Å². The van der Waals surface area contributed by atoms with Crippen LogP contribution >= 0.6 is 11.8 Å². The van der Waals surface area contributed by atoms with Crippen molar-refractivity contribution in [1.29, 1.82) is 0 Å². The van der Waals surface area contributed by atoms with Crippen molar-refractivity contribution in [2.75, 3.05) is 45.0 Å². The van der Waals surface area contributed by atoms with Crippen molar-refractivity contribution in [2.24, 2.45) is 0 Å². The Bertz CT molecular complexity index is 1460. The highest BCUT2D eigenvalue weighted by atomic mass is 32.2. The van der Waals surface area contributed by atoms with Gasteiger partial charge in [0.05, 0.1) is 12.1 Å². The van der Waals surface area contributed by atoms with Gasteiger partial charge in [0.25, 0.3) is 0 Å². The lowest BCUT2D eigenvalue weighted by Crippen LogP contribution is -2.48. The minimum atomic E-state index is -0.597. The lowest BCUT2D eigenvalue weighted by Gasteiger charge is -2.24. The van der Waals surface area contributed by atoms with Gasteiger partial charge in [0.2, 0.25) is 35.4 Å². The molecule has 2 unspecified atom stereocenters. The largest absolute Gasteiger partial charge is 0.356 e. The highest BCUT2D eigenvalue weighted by Gasteiger charge is 2.42. The van der Waals surface area contributed by atoms with E-state index in [0.29, 0.717) is 89.2 Å². The molecule has 0 saturated carbocycles. The number of rotatable bonds is 27. The number of amides is 8. The molecule has 4 heterocycles. The number of nitrogens with zero attached hydrogens (tertiary/aromatic N) is 2. The number of nitrogens with one attached hydrogen (secondary N) is 7. The molecule has 57 heavy (non-hydrogen) atoms. The van der Waals surface area contributed by atoms with Crippen LogP contribution in [0.2, 0.25) is 0 Å². The van der Waals surface area contributed by atoms with Gasteiger partial charge in [-0.15, -0.1) is 0 Å². The van der Waals surface area contributed by atoms with Crippen molar-refractivity contribution in [3.63, 3.8) is 0 Å². The zero-order valence-corrected chi connectivity index (χ0v) is 34.1. The first-order valence-corrected chi connectivity index (χ1v) is 22.0. The van der Waals surface area contributed by atoms with E-state index in [9.17, 15) is 33.6 Å². The van der Waals surface area contributed by atoms with Crippen LogP contribution in [-0.4, -0.2) is 120 Å². The summed E-state index contributed by atoms with van der Waals surface area (Å²) in [5.41, 5.74) is 0.948. The molecular weight excluding hydrogens is 751 g/mol. The number of unbranched alkanes of at least 4 members (excludes halogenated alkanes) is 3. The van der Waals surface area contributed by atoms with Gasteiger partial charge in [-0.2, -0.15) is 11.8 Å². The van der Waals surface area contributed by atoms with Gasteiger partial charge >= 0.3 is 6.03 Å². The van der Waals surface area contributed by atoms with Gasteiger partial charge in [0, 0.05) is 101 Å². The first kappa shape index (κ1) is 45.3. The molecule has 0 spiro atoms. The fourth-order valence-corrected chi connectivity index (χ4v) is 8.80. The minimum absolute atomic E-state index is 0.0173. The molecule has 0 bridgehead atoms. The Hall–Kier alpha value is -4.41. The summed E-state index contributed by atoms with van der Waals surface area (Å²) < 4.78 is 0. The lowest BCUT2D eigenvalue weighted by atomic mass is 10.0. The fraction of sp³-hybridized carbons (Fsp3) is 0.700. The topological polar surface area (TPSA) is 220 Å². The Labute approximate surface area is 340 Å². The summed E-state index contributed by atoms with van der Waals surface area (Å²) in [6.45, 7) is 3.17. The standard InChI is InChI=1S/C40H63N9O7S/c50-33(12-4-3-11-32-38-31(28-57-32)47-40(56)48-38)43-20-9-15-35(52)45-22-10-16-36(53)44-21-8-14-34(51)42-19-5-1-2-13-37(54)46-30(27-29-17-23-41-24-18-29)39(55)49-25-6-7-26-49/h17-18,23-24,30-32,38H,1-16,19-22,25-28H2,(H,42,51)(H,43,50)(H,44,53)(H,45,52)(H,46,54)(H2,47,48,56)/t30-,31?,32+,38?/m1/s1. The molecule has 3 fully saturated rings. The maximum Gasteiger partial charge on any atom is 0.315 e. The van der Waals surface area contributed by atoms with Crippen LogP contribution in [0.1, 0.15) is 108 Å². The zero-order valence-electron chi connectivity index (χ0n) is 33.2. The van der Waals surface area contributed by atoms with Crippen LogP contribution in [0, 0.1) is 0 Å². The molecule has 3 aliphatic heterocycles. The predicted molar refractivity (Wildman–Crippen MR) is 218 cm³/mol. The number of hydrogen-bond acceptors (Lipinski definition) is 9. The maximum atomic E-state index is 13.1. The van der Waals surface area contributed by atoms with Gasteiger partial charge in [0.15, 0.2) is 0 Å². The molecule has 4 rings (SSSR count). The molecule has 17 heteroatoms. The smallest absolute Gasteiger partial charge is 0.315 e. The number of pyridine rings is 1. The van der Waals surface area contributed by atoms with Crippen LogP contribution < -0.4 is 37.2 Å². The third kappa shape index (κ3) is 17.7. The van der Waals surface area contributed by atoms with E-state index in [1.165, 1.54) is 0 Å². The highest BCUT2D eigenvalue weighted by Crippen LogP contribution is 2.33. The van der Waals surface area contributed by atoms with E-state index in [0.717, 1.165) is 69.4 Å². The second kappa shape index (κ2) is 25.8. The molecule has 0 radical (unpaired) electrons. The Morgan fingerprint density at radius 1 is 0.684 bits per heavy atom. The normalized spacial score (nSPS) is 18.8. The monoisotopic (exact) mass is 813 g/mol. The summed E-state index contributed by atoms with van der Waals surface area (Å²) in [5.74, 6) is 0.390. The van der Waals surface area contributed by atoms with Gasteiger partial charge in [-0.05, 0) is 75.5 Å². The lowest BCUT2D eigenvalue weighted by molar-refractivity contribution is -0.135. The van der Waals surface area contributed by atoms with Gasteiger partial charge < -0.3 is 42.1 Å². The molecule has 8 amide bonds. The number of thioether (sulfide) groups is 1. The van der Waals surface area contributed by atoms with Gasteiger partial charge in [-0.25, -0.2) is 4.79 Å². The van der Waals surface area contributed by atoms with E-state index in [-0.39, 0.29) is 60.0 Å². The van der Waals surface area contributed by atoms with Crippen molar-refractivity contribution >= 4 is 53.2 Å². The SMILES string of the molecule is O=C(CCCC[C@@H]1SCC2NC(=O)NC21)NCCCC(=O)NCCCC(=O)NCCCC(=O)NCCCCCC(=O)N[C@H](Cc1ccncc1)C(=O)N1CCCC1. The number of hydrogen-bond donors (Lipinski definition) is 7. The van der Waals surface area contributed by atoms with Gasteiger partial charge in [-0.3, -0.25) is 33.8 Å². The Morgan fingerprint density at radius 2 is 1.21 bits per heavy atom. The first-order valence-electron chi connectivity index (χ1n) is 20.9. The van der Waals surface area contributed by atoms with Crippen LogP contribution in [-0.2, 0) is 35.2 Å². The number of carbonyl (C=O) groups excluding carboxylic acids is 7. The summed E-state index contributed by atoms with van der Waals surface area (Å²) >= 11 is 1.87. The highest BCUT2D eigenvalue weighted by molar-refractivity contribution is 8.00. The van der Waals surface area contributed by atoms with E-state index in [4.69, 9.17) is 0 Å². The minimum Gasteiger partial charge on any atom is -0.356 e. The molecule has 316 valence electrons. The van der Waals surface area contributed by atoms with E-state index in [1.807, 2.05) is 28.8 Å². The third-order valence-electron chi connectivity index (χ3n) is 10.4. The first-order chi connectivity index (χ1) is 27.7. The van der Waals surface area contributed by atoms with Crippen molar-refractivity contribution in [1.82, 2.24) is 47.1 Å². The van der Waals surface area contributed by atoms with Crippen molar-refractivity contribution in [3.05, 3.63) is 30.1 Å². The van der Waals surface area contributed by atoms with E-state index in [2.05, 4.69) is 42.2 Å². The predicted octanol–water partition coefficient (Wildman–Crippen LogP) is 1.82. The third-order valence-corrected chi connectivity index (χ3v) is 11.9. The molecule has 1 aromatic rings. The number of fused-ring (bicyclic) bond motifs is 1. The number of aromatic nitrogens is 1. The molecule has 3 aliphatic rings. The Kier molecular flexibility index (Phi) is 20.5. The molecular formula is C40H63N9O7S. The summed E-state index contributed by atoms with van der Waals surface area (Å²) in [6.07, 6.45) is 13.8. The van der Waals surface area contributed by atoms with Crippen molar-refractivity contribution < 1.29 is 33.6 Å². The second-order valence-corrected chi connectivity index (χ2v) is 16.4. The quantitative estimate of drug-likeness (QED) is 0.0508. The molecule has 0 aromatic carbocycles. The van der Waals surface area contributed by atoms with Gasteiger partial charge in [-0.1, -0.05) is 12.8 Å². The Balaban J connectivity index is 0.902. The van der Waals surface area contributed by atoms with Crippen LogP contribution in [0.15, 0.2) is 24.5 Å². The van der Waals surface area contributed by atoms with Crippen LogP contribution in [0.4, 0.5) is 4.79 Å². The summed E-state index contributed by atoms with van der Waals surface area (Å²) in [6, 6.07) is 3.43. The van der Waals surface area contributed by atoms with E-state index in [1.54, 1.807) is 12.4 Å². The van der Waals surface area contributed by atoms with Gasteiger partial charge in [0.1, 0.15) is 6.04 Å². The summed E-state index contributed by atoms with van der Waals surface area (Å²) in [7, 11) is 0. The molecule has 16 nitrogen and oxygen atoms in total. The van der Waals surface area contributed by atoms with E-state index < -0.39 is 6.04 Å². The molecule has 3 saturated heterocycles.